The van der Waals surface area contributed by atoms with Crippen LogP contribution in [0.25, 0.3) is 0 Å². The maximum Gasteiger partial charge on any atom is 0.466 e. The zero-order valence-electron chi connectivity index (χ0n) is 20.7. The Balaban J connectivity index is 0. The van der Waals surface area contributed by atoms with E-state index in [4.69, 9.17) is 24.0 Å². The van der Waals surface area contributed by atoms with E-state index in [-0.39, 0.29) is 0 Å². The lowest BCUT2D eigenvalue weighted by atomic mass is 10.0. The normalized spacial score (nSPS) is 13.1. The molecule has 3 N–H and O–H groups in total. The van der Waals surface area contributed by atoms with Crippen LogP contribution in [0.3, 0.4) is 0 Å². The number of phosphoric acid groups is 1. The summed E-state index contributed by atoms with van der Waals surface area (Å²) in [7, 11) is 2.14. The third-order valence-electron chi connectivity index (χ3n) is 5.03. The molecule has 7 heteroatoms. The largest absolute Gasteiger partial charge is 0.466 e. The van der Waals surface area contributed by atoms with Gasteiger partial charge in [0.1, 0.15) is 12.6 Å². The highest BCUT2D eigenvalue weighted by molar-refractivity contribution is 7.45. The fraction of sp³-hybridized carbons (Fsp3) is 1.00. The van der Waals surface area contributed by atoms with E-state index in [0.717, 1.165) is 17.6 Å². The third-order valence-corrected chi connectivity index (χ3v) is 5.03. The first kappa shape index (κ1) is 32.2. The number of rotatable bonds is 19. The maximum atomic E-state index is 8.88. The van der Waals surface area contributed by atoms with Gasteiger partial charge in [-0.1, -0.05) is 96.8 Å². The number of ether oxygens (including phenoxy) is 1. The number of quaternary nitrogens is 1. The molecule has 0 aliphatic carbocycles. The second-order valence-corrected chi connectivity index (χ2v) is 10.5. The van der Waals surface area contributed by atoms with Gasteiger partial charge in [-0.15, -0.1) is 0 Å². The summed E-state index contributed by atoms with van der Waals surface area (Å²) >= 11 is 0. The molecule has 0 aromatic carbocycles. The van der Waals surface area contributed by atoms with Crippen LogP contribution in [-0.2, 0) is 9.30 Å². The third kappa shape index (κ3) is 35.5. The summed E-state index contributed by atoms with van der Waals surface area (Å²) in [5.41, 5.74) is 0. The van der Waals surface area contributed by atoms with Crippen molar-refractivity contribution in [3.05, 3.63) is 0 Å². The molecule has 0 radical (unpaired) electrons. The molecule has 0 saturated heterocycles. The van der Waals surface area contributed by atoms with Crippen LogP contribution in [0, 0.1) is 0 Å². The van der Waals surface area contributed by atoms with Crippen molar-refractivity contribution < 1.29 is 28.5 Å². The number of unbranched alkanes of at least 4 members (excludes halogenated alkanes) is 13. The molecule has 0 amide bonds. The first-order chi connectivity index (χ1) is 14.0. The SMILES string of the molecule is CCCCCCCCCCCCCCCCC(C[N+](C)(C)C)OCC.O=P(O)(O)O. The van der Waals surface area contributed by atoms with Gasteiger partial charge in [0, 0.05) is 6.61 Å². The lowest BCUT2D eigenvalue weighted by molar-refractivity contribution is -0.873. The van der Waals surface area contributed by atoms with E-state index >= 15 is 0 Å². The number of hydrogen-bond acceptors (Lipinski definition) is 2. The second-order valence-electron chi connectivity index (χ2n) is 9.45. The predicted octanol–water partition coefficient (Wildman–Crippen LogP) is 6.04. The molecule has 184 valence electrons. The summed E-state index contributed by atoms with van der Waals surface area (Å²) in [6.45, 7) is 6.39. The van der Waals surface area contributed by atoms with Crippen molar-refractivity contribution in [1.29, 1.82) is 0 Å². The van der Waals surface area contributed by atoms with Crippen LogP contribution < -0.4 is 0 Å². The summed E-state index contributed by atoms with van der Waals surface area (Å²) in [5, 5.41) is 0. The fourth-order valence-electron chi connectivity index (χ4n) is 3.64. The van der Waals surface area contributed by atoms with Crippen molar-refractivity contribution in [2.24, 2.45) is 0 Å². The minimum absolute atomic E-state index is 0.447. The van der Waals surface area contributed by atoms with E-state index in [1.165, 1.54) is 96.3 Å². The Morgan fingerprint density at radius 2 is 1.03 bits per heavy atom. The molecule has 0 fully saturated rings. The Hall–Kier alpha value is 0.0300. The van der Waals surface area contributed by atoms with Gasteiger partial charge in [0.15, 0.2) is 0 Å². The van der Waals surface area contributed by atoms with Gasteiger partial charge in [0.25, 0.3) is 0 Å². The lowest BCUT2D eigenvalue weighted by Crippen LogP contribution is -2.42. The summed E-state index contributed by atoms with van der Waals surface area (Å²) < 4.78 is 15.8. The molecule has 0 aliphatic heterocycles. The highest BCUT2D eigenvalue weighted by Crippen LogP contribution is 2.25. The van der Waals surface area contributed by atoms with Gasteiger partial charge in [-0.05, 0) is 13.3 Å². The van der Waals surface area contributed by atoms with Gasteiger partial charge in [0.2, 0.25) is 0 Å². The van der Waals surface area contributed by atoms with Gasteiger partial charge in [-0.25, -0.2) is 4.57 Å². The number of hydrogen-bond donors (Lipinski definition) is 3. The Labute approximate surface area is 187 Å². The number of nitrogens with zero attached hydrogens (tertiary/aromatic N) is 1. The molecule has 30 heavy (non-hydrogen) atoms. The van der Waals surface area contributed by atoms with Crippen molar-refractivity contribution in [2.45, 2.75) is 116 Å². The zero-order valence-corrected chi connectivity index (χ0v) is 21.5. The molecule has 1 unspecified atom stereocenters. The molecule has 0 aliphatic rings. The average molecular weight is 455 g/mol. The molecule has 1 atom stereocenters. The van der Waals surface area contributed by atoms with Crippen molar-refractivity contribution in [2.75, 3.05) is 34.3 Å². The van der Waals surface area contributed by atoms with Crippen molar-refractivity contribution in [1.82, 2.24) is 0 Å². The highest BCUT2D eigenvalue weighted by atomic mass is 31.2. The van der Waals surface area contributed by atoms with E-state index in [9.17, 15) is 0 Å². The number of likely N-dealkylation sites (N-methyl/N-ethyl adjacent to an activating group) is 1. The van der Waals surface area contributed by atoms with Crippen molar-refractivity contribution in [3.8, 4) is 0 Å². The molecular weight excluding hydrogens is 401 g/mol. The van der Waals surface area contributed by atoms with E-state index in [1.54, 1.807) is 0 Å². The summed E-state index contributed by atoms with van der Waals surface area (Å²) in [6.07, 6.45) is 21.7. The van der Waals surface area contributed by atoms with Gasteiger partial charge >= 0.3 is 7.82 Å². The second kappa shape index (κ2) is 20.9. The monoisotopic (exact) mass is 454 g/mol. The van der Waals surface area contributed by atoms with Crippen LogP contribution in [0.15, 0.2) is 0 Å². The Kier molecular flexibility index (Phi) is 22.4. The smallest absolute Gasteiger partial charge is 0.373 e. The minimum Gasteiger partial charge on any atom is -0.373 e. The summed E-state index contributed by atoms with van der Waals surface area (Å²) in [5.74, 6) is 0. The molecular formula is C23H53NO5P+. The van der Waals surface area contributed by atoms with Crippen molar-refractivity contribution in [3.63, 3.8) is 0 Å². The van der Waals surface area contributed by atoms with Crippen LogP contribution >= 0.6 is 7.82 Å². The predicted molar refractivity (Wildman–Crippen MR) is 128 cm³/mol. The lowest BCUT2D eigenvalue weighted by Gasteiger charge is -2.29. The molecule has 0 spiro atoms. The quantitative estimate of drug-likeness (QED) is 0.126. The Bertz CT molecular complexity index is 387. The molecule has 0 rings (SSSR count). The first-order valence-corrected chi connectivity index (χ1v) is 13.8. The van der Waals surface area contributed by atoms with Crippen LogP contribution in [0.5, 0.6) is 0 Å². The molecule has 0 saturated carbocycles. The molecule has 0 aromatic heterocycles. The van der Waals surface area contributed by atoms with Gasteiger partial charge in [-0.3, -0.25) is 0 Å². The van der Waals surface area contributed by atoms with Crippen LogP contribution in [-0.4, -0.2) is 59.6 Å². The Morgan fingerprint density at radius 3 is 1.33 bits per heavy atom. The van der Waals surface area contributed by atoms with Gasteiger partial charge in [-0.2, -0.15) is 0 Å². The Morgan fingerprint density at radius 1 is 0.700 bits per heavy atom. The standard InChI is InChI=1S/C23H50NO.H3O4P/c1-6-8-9-10-11-12-13-14-15-16-17-18-19-20-21-23(25-7-2)22-24(3,4)5;1-5(2,3)4/h23H,6-22H2,1-5H3;(H3,1,2,3,4)/q+1;. The summed E-state index contributed by atoms with van der Waals surface area (Å²) in [4.78, 5) is 21.6. The van der Waals surface area contributed by atoms with Crippen molar-refractivity contribution >= 4 is 7.82 Å². The molecule has 0 aromatic rings. The van der Waals surface area contributed by atoms with Crippen LogP contribution in [0.4, 0.5) is 0 Å². The highest BCUT2D eigenvalue weighted by Gasteiger charge is 2.17. The zero-order chi connectivity index (χ0) is 23.3. The minimum atomic E-state index is -4.64. The van der Waals surface area contributed by atoms with E-state index in [2.05, 4.69) is 35.0 Å². The summed E-state index contributed by atoms with van der Waals surface area (Å²) in [6, 6.07) is 0. The van der Waals surface area contributed by atoms with E-state index < -0.39 is 7.82 Å². The molecule has 0 bridgehead atoms. The fourth-order valence-corrected chi connectivity index (χ4v) is 3.64. The van der Waals surface area contributed by atoms with Crippen LogP contribution in [0.2, 0.25) is 0 Å². The first-order valence-electron chi connectivity index (χ1n) is 12.2. The topological polar surface area (TPSA) is 87.0 Å². The van der Waals surface area contributed by atoms with Crippen LogP contribution in [0.1, 0.15) is 110 Å². The van der Waals surface area contributed by atoms with Gasteiger partial charge in [0.05, 0.1) is 21.1 Å². The van der Waals surface area contributed by atoms with Gasteiger partial charge < -0.3 is 23.9 Å². The molecule has 6 nitrogen and oxygen atoms in total. The average Bonchev–Trinajstić information content (AvgIpc) is 2.59. The van der Waals surface area contributed by atoms with E-state index in [0.29, 0.717) is 6.10 Å². The molecule has 0 heterocycles. The maximum absolute atomic E-state index is 8.88. The van der Waals surface area contributed by atoms with E-state index in [1.807, 2.05) is 0 Å².